The van der Waals surface area contributed by atoms with Gasteiger partial charge in [-0.1, -0.05) is 6.42 Å². The van der Waals surface area contributed by atoms with Gasteiger partial charge < -0.3 is 10.4 Å². The van der Waals surface area contributed by atoms with Crippen LogP contribution in [0.2, 0.25) is 0 Å². The molecule has 0 spiro atoms. The minimum atomic E-state index is -5.99. The van der Waals surface area contributed by atoms with Crippen molar-refractivity contribution in [3.8, 4) is 0 Å². The number of hydrogen-bond donors (Lipinski definition) is 2. The van der Waals surface area contributed by atoms with E-state index in [1.807, 2.05) is 0 Å². The zero-order valence-electron chi connectivity index (χ0n) is 8.93. The van der Waals surface area contributed by atoms with Crippen molar-refractivity contribution in [3.05, 3.63) is 0 Å². The highest BCUT2D eigenvalue weighted by molar-refractivity contribution is 5.85. The molecule has 1 rings (SSSR count). The van der Waals surface area contributed by atoms with Gasteiger partial charge in [-0.05, 0) is 12.8 Å². The first-order chi connectivity index (χ1) is 8.07. The van der Waals surface area contributed by atoms with Crippen molar-refractivity contribution < 1.29 is 36.6 Å². The van der Waals surface area contributed by atoms with Crippen LogP contribution in [0, 0.1) is 5.92 Å². The molecule has 0 aromatic carbocycles. The lowest BCUT2D eigenvalue weighted by Gasteiger charge is -2.23. The van der Waals surface area contributed by atoms with Crippen LogP contribution in [0.15, 0.2) is 0 Å². The summed E-state index contributed by atoms with van der Waals surface area (Å²) in [6, 6.07) is -1.19. The molecule has 2 N–H and O–H groups in total. The lowest BCUT2D eigenvalue weighted by atomic mass is 10.0. The normalized spacial score (nSPS) is 24.9. The number of carbonyl (C=O) groups excluding carboxylic acids is 1. The summed E-state index contributed by atoms with van der Waals surface area (Å²) in [6.07, 6.45) is -5.44. The predicted molar refractivity (Wildman–Crippen MR) is 47.9 cm³/mol. The first-order valence-electron chi connectivity index (χ1n) is 5.05. The van der Waals surface area contributed by atoms with Gasteiger partial charge in [-0.25, -0.2) is 0 Å². The molecule has 0 radical (unpaired) electrons. The zero-order valence-corrected chi connectivity index (χ0v) is 8.93. The van der Waals surface area contributed by atoms with E-state index in [0.717, 1.165) is 0 Å². The van der Waals surface area contributed by atoms with Crippen molar-refractivity contribution in [2.45, 2.75) is 37.4 Å². The number of halogens is 5. The first-order valence-corrected chi connectivity index (χ1v) is 5.05. The SMILES string of the molecule is O=C(O)C1CCCC1NC(=O)C(F)(F)C(F)(F)F. The Morgan fingerprint density at radius 3 is 2.11 bits per heavy atom. The van der Waals surface area contributed by atoms with Crippen LogP contribution in [-0.2, 0) is 9.59 Å². The second-order valence-electron chi connectivity index (χ2n) is 4.03. The number of hydrogen-bond acceptors (Lipinski definition) is 2. The highest BCUT2D eigenvalue weighted by Crippen LogP contribution is 2.36. The van der Waals surface area contributed by atoms with Gasteiger partial charge in [-0.2, -0.15) is 22.0 Å². The monoisotopic (exact) mass is 275 g/mol. The Balaban J connectivity index is 2.74. The Morgan fingerprint density at radius 2 is 1.67 bits per heavy atom. The molecule has 1 aliphatic rings. The quantitative estimate of drug-likeness (QED) is 0.768. The molecule has 1 fully saturated rings. The predicted octanol–water partition coefficient (Wildman–Crippen LogP) is 1.55. The highest BCUT2D eigenvalue weighted by atomic mass is 19.4. The van der Waals surface area contributed by atoms with E-state index in [0.29, 0.717) is 6.42 Å². The average molecular weight is 275 g/mol. The molecule has 0 heterocycles. The van der Waals surface area contributed by atoms with Crippen LogP contribution in [0.1, 0.15) is 19.3 Å². The summed E-state index contributed by atoms with van der Waals surface area (Å²) in [5.74, 6) is -10.5. The van der Waals surface area contributed by atoms with Crippen molar-refractivity contribution >= 4 is 11.9 Å². The standard InChI is InChI=1S/C9H10F5NO3/c10-8(11,9(12,13)14)7(18)15-5-3-1-2-4(5)6(16)17/h4-5H,1-3H2,(H,15,18)(H,16,17). The third-order valence-electron chi connectivity index (χ3n) is 2.79. The molecule has 9 heteroatoms. The summed E-state index contributed by atoms with van der Waals surface area (Å²) in [4.78, 5) is 21.5. The molecule has 2 atom stereocenters. The van der Waals surface area contributed by atoms with Crippen molar-refractivity contribution in [1.29, 1.82) is 0 Å². The Labute approximate surface area is 98.1 Å². The number of nitrogens with one attached hydrogen (secondary N) is 1. The number of carbonyl (C=O) groups is 2. The fraction of sp³-hybridized carbons (Fsp3) is 0.778. The van der Waals surface area contributed by atoms with E-state index < -0.39 is 35.9 Å². The van der Waals surface area contributed by atoms with E-state index in [-0.39, 0.29) is 12.8 Å². The first kappa shape index (κ1) is 14.7. The lowest BCUT2D eigenvalue weighted by molar-refractivity contribution is -0.270. The van der Waals surface area contributed by atoms with Gasteiger partial charge >= 0.3 is 24.0 Å². The van der Waals surface area contributed by atoms with Gasteiger partial charge in [0.2, 0.25) is 0 Å². The molecule has 0 aromatic rings. The average Bonchev–Trinajstić information content (AvgIpc) is 2.63. The zero-order chi connectivity index (χ0) is 14.1. The smallest absolute Gasteiger partial charge is 0.463 e. The lowest BCUT2D eigenvalue weighted by Crippen LogP contribution is -2.54. The van der Waals surface area contributed by atoms with Crippen LogP contribution in [0.25, 0.3) is 0 Å². The van der Waals surface area contributed by atoms with Gasteiger partial charge in [0, 0.05) is 6.04 Å². The summed E-state index contributed by atoms with van der Waals surface area (Å²) in [7, 11) is 0. The molecule has 2 unspecified atom stereocenters. The summed E-state index contributed by atoms with van der Waals surface area (Å²) in [6.45, 7) is 0. The summed E-state index contributed by atoms with van der Waals surface area (Å²) >= 11 is 0. The molecular weight excluding hydrogens is 265 g/mol. The Hall–Kier alpha value is -1.41. The summed E-state index contributed by atoms with van der Waals surface area (Å²) in [5, 5.41) is 10.2. The molecule has 104 valence electrons. The van der Waals surface area contributed by atoms with E-state index in [2.05, 4.69) is 0 Å². The fourth-order valence-electron chi connectivity index (χ4n) is 1.82. The molecule has 18 heavy (non-hydrogen) atoms. The maximum atomic E-state index is 12.6. The molecule has 0 aliphatic heterocycles. The summed E-state index contributed by atoms with van der Waals surface area (Å²) < 4.78 is 60.9. The van der Waals surface area contributed by atoms with Crippen LogP contribution in [0.5, 0.6) is 0 Å². The molecular formula is C9H10F5NO3. The molecule has 0 aromatic heterocycles. The number of aliphatic carboxylic acids is 1. The maximum Gasteiger partial charge on any atom is 0.463 e. The number of carboxylic acids is 1. The molecule has 0 bridgehead atoms. The van der Waals surface area contributed by atoms with E-state index in [4.69, 9.17) is 5.11 Å². The second kappa shape index (κ2) is 4.69. The van der Waals surface area contributed by atoms with E-state index in [9.17, 15) is 31.5 Å². The molecule has 1 amide bonds. The second-order valence-corrected chi connectivity index (χ2v) is 4.03. The number of alkyl halides is 5. The minimum Gasteiger partial charge on any atom is -0.481 e. The Bertz CT molecular complexity index is 355. The third-order valence-corrected chi connectivity index (χ3v) is 2.79. The van der Waals surface area contributed by atoms with Crippen LogP contribution >= 0.6 is 0 Å². The van der Waals surface area contributed by atoms with Crippen molar-refractivity contribution in [1.82, 2.24) is 5.32 Å². The van der Waals surface area contributed by atoms with E-state index in [1.165, 1.54) is 5.32 Å². The van der Waals surface area contributed by atoms with Crippen LogP contribution in [0.3, 0.4) is 0 Å². The Morgan fingerprint density at radius 1 is 1.11 bits per heavy atom. The minimum absolute atomic E-state index is 0.0661. The third kappa shape index (κ3) is 2.70. The topological polar surface area (TPSA) is 66.4 Å². The molecule has 1 aliphatic carbocycles. The van der Waals surface area contributed by atoms with Crippen molar-refractivity contribution in [3.63, 3.8) is 0 Å². The van der Waals surface area contributed by atoms with Crippen LogP contribution in [-0.4, -0.2) is 35.1 Å². The van der Waals surface area contributed by atoms with Gasteiger partial charge in [0.25, 0.3) is 0 Å². The number of rotatable bonds is 3. The number of amides is 1. The number of carboxylic acid groups (broad SMARTS) is 1. The Kier molecular flexibility index (Phi) is 3.82. The van der Waals surface area contributed by atoms with Gasteiger partial charge in [-0.15, -0.1) is 0 Å². The van der Waals surface area contributed by atoms with Gasteiger partial charge in [0.05, 0.1) is 5.92 Å². The highest BCUT2D eigenvalue weighted by Gasteiger charge is 2.63. The van der Waals surface area contributed by atoms with Crippen LogP contribution < -0.4 is 5.32 Å². The largest absolute Gasteiger partial charge is 0.481 e. The molecule has 0 saturated heterocycles. The van der Waals surface area contributed by atoms with Gasteiger partial charge in [0.15, 0.2) is 0 Å². The van der Waals surface area contributed by atoms with Crippen molar-refractivity contribution in [2.75, 3.05) is 0 Å². The van der Waals surface area contributed by atoms with E-state index in [1.54, 1.807) is 0 Å². The molecule has 1 saturated carbocycles. The van der Waals surface area contributed by atoms with Crippen LogP contribution in [0.4, 0.5) is 22.0 Å². The fourth-order valence-corrected chi connectivity index (χ4v) is 1.82. The van der Waals surface area contributed by atoms with Gasteiger partial charge in [0.1, 0.15) is 0 Å². The summed E-state index contributed by atoms with van der Waals surface area (Å²) in [5.41, 5.74) is 0. The maximum absolute atomic E-state index is 12.6. The van der Waals surface area contributed by atoms with E-state index >= 15 is 0 Å². The molecule has 4 nitrogen and oxygen atoms in total. The van der Waals surface area contributed by atoms with Gasteiger partial charge in [-0.3, -0.25) is 9.59 Å². The van der Waals surface area contributed by atoms with Crippen molar-refractivity contribution in [2.24, 2.45) is 5.92 Å².